The van der Waals surface area contributed by atoms with Crippen molar-refractivity contribution < 1.29 is 31.8 Å². The third-order valence-electron chi connectivity index (χ3n) is 5.61. The zero-order valence-electron chi connectivity index (χ0n) is 17.6. The van der Waals surface area contributed by atoms with Crippen LogP contribution in [0, 0.1) is 23.4 Å². The molecule has 32 heavy (non-hydrogen) atoms. The molecule has 1 aliphatic rings. The summed E-state index contributed by atoms with van der Waals surface area (Å²) >= 11 is -2.50. The summed E-state index contributed by atoms with van der Waals surface area (Å²) in [5.74, 6) is -3.20. The first-order chi connectivity index (χ1) is 15.0. The van der Waals surface area contributed by atoms with Crippen LogP contribution in [-0.2, 0) is 22.5 Å². The molecular weight excluding hydrogens is 445 g/mol. The molecule has 2 N–H and O–H groups in total. The Hall–Kier alpha value is -2.27. The second-order valence-electron chi connectivity index (χ2n) is 8.40. The SMILES string of the molecule is CC(C)(O)C(=O)N1CC[C@@H](CNS(=O)[O-])[C@@H]1Cc1cccc(-c2cc(F)cc(F)c2)c1F. The smallest absolute Gasteiger partial charge is 0.254 e. The second kappa shape index (κ2) is 9.70. The number of carbonyl (C=O) groups excluding carboxylic acids is 1. The molecule has 10 heteroatoms. The molecule has 1 saturated heterocycles. The van der Waals surface area contributed by atoms with Crippen molar-refractivity contribution in [3.05, 3.63) is 59.4 Å². The lowest BCUT2D eigenvalue weighted by molar-refractivity contribution is -0.149. The van der Waals surface area contributed by atoms with E-state index in [4.69, 9.17) is 0 Å². The fourth-order valence-corrected chi connectivity index (χ4v) is 4.46. The number of nitrogens with zero attached hydrogens (tertiary/aromatic N) is 1. The molecule has 0 spiro atoms. The summed E-state index contributed by atoms with van der Waals surface area (Å²) in [6.45, 7) is 3.03. The molecule has 1 amide bonds. The quantitative estimate of drug-likeness (QED) is 0.610. The molecule has 0 aliphatic carbocycles. The highest BCUT2D eigenvalue weighted by molar-refractivity contribution is 7.77. The van der Waals surface area contributed by atoms with Crippen molar-refractivity contribution in [2.45, 2.75) is 38.3 Å². The van der Waals surface area contributed by atoms with Gasteiger partial charge in [-0.15, -0.1) is 0 Å². The molecule has 3 atom stereocenters. The monoisotopic (exact) mass is 469 g/mol. The van der Waals surface area contributed by atoms with Gasteiger partial charge >= 0.3 is 0 Å². The molecule has 0 saturated carbocycles. The van der Waals surface area contributed by atoms with Crippen LogP contribution in [0.1, 0.15) is 25.8 Å². The van der Waals surface area contributed by atoms with Gasteiger partial charge < -0.3 is 14.6 Å². The van der Waals surface area contributed by atoms with Crippen molar-refractivity contribution in [2.24, 2.45) is 5.92 Å². The first-order valence-corrected chi connectivity index (χ1v) is 11.1. The summed E-state index contributed by atoms with van der Waals surface area (Å²) in [6, 6.07) is 6.63. The standard InChI is InChI=1S/C22H25F3N2O4S/c1-22(2,29)21(28)27-7-6-14(12-26-32(30)31)19(27)10-13-4-3-5-18(20(13)25)15-8-16(23)11-17(24)9-15/h3-5,8-9,11,14,19,26,29H,6-7,10,12H2,1-2H3,(H,30,31)/p-1/t14-,19-/m0/s1. The molecule has 6 nitrogen and oxygen atoms in total. The zero-order valence-corrected chi connectivity index (χ0v) is 18.4. The largest absolute Gasteiger partial charge is 0.760 e. The van der Waals surface area contributed by atoms with Crippen molar-refractivity contribution in [2.75, 3.05) is 13.1 Å². The Morgan fingerprint density at radius 2 is 1.91 bits per heavy atom. The number of nitrogens with one attached hydrogen (secondary N) is 1. The Labute approximate surface area is 186 Å². The molecular formula is C22H24F3N2O4S-. The number of amides is 1. The van der Waals surface area contributed by atoms with Gasteiger partial charge in [0.25, 0.3) is 5.91 Å². The Morgan fingerprint density at radius 1 is 1.25 bits per heavy atom. The third-order valence-corrected chi connectivity index (χ3v) is 6.02. The lowest BCUT2D eigenvalue weighted by Crippen LogP contribution is -2.50. The van der Waals surface area contributed by atoms with E-state index in [2.05, 4.69) is 4.72 Å². The number of rotatable bonds is 7. The van der Waals surface area contributed by atoms with E-state index in [-0.39, 0.29) is 42.1 Å². The summed E-state index contributed by atoms with van der Waals surface area (Å²) in [5, 5.41) is 10.2. The highest BCUT2D eigenvalue weighted by Gasteiger charge is 2.41. The summed E-state index contributed by atoms with van der Waals surface area (Å²) in [7, 11) is 0. The molecule has 1 unspecified atom stereocenters. The number of hydrogen-bond donors (Lipinski definition) is 2. The van der Waals surface area contributed by atoms with Gasteiger partial charge in [0.05, 0.1) is 0 Å². The second-order valence-corrected chi connectivity index (χ2v) is 9.16. The van der Waals surface area contributed by atoms with Crippen molar-refractivity contribution in [3.63, 3.8) is 0 Å². The average molecular weight is 470 g/mol. The number of benzene rings is 2. The number of likely N-dealkylation sites (tertiary alicyclic amines) is 1. The van der Waals surface area contributed by atoms with Crippen molar-refractivity contribution in [1.29, 1.82) is 0 Å². The minimum atomic E-state index is -2.50. The fourth-order valence-electron chi connectivity index (χ4n) is 4.11. The van der Waals surface area contributed by atoms with Gasteiger partial charge in [-0.2, -0.15) is 0 Å². The predicted molar refractivity (Wildman–Crippen MR) is 112 cm³/mol. The minimum absolute atomic E-state index is 0.00889. The van der Waals surface area contributed by atoms with Gasteiger partial charge in [0, 0.05) is 42.0 Å². The van der Waals surface area contributed by atoms with Crippen LogP contribution in [0.5, 0.6) is 0 Å². The lowest BCUT2D eigenvalue weighted by atomic mass is 9.91. The number of hydrogen-bond acceptors (Lipinski definition) is 4. The Morgan fingerprint density at radius 3 is 2.50 bits per heavy atom. The van der Waals surface area contributed by atoms with E-state index in [1.807, 2.05) is 0 Å². The van der Waals surface area contributed by atoms with Crippen LogP contribution in [-0.4, -0.2) is 49.4 Å². The molecule has 3 rings (SSSR count). The van der Waals surface area contributed by atoms with Crippen LogP contribution in [0.15, 0.2) is 36.4 Å². The molecule has 0 aromatic heterocycles. The van der Waals surface area contributed by atoms with Crippen molar-refractivity contribution in [1.82, 2.24) is 9.62 Å². The Balaban J connectivity index is 1.95. The fraction of sp³-hybridized carbons (Fsp3) is 0.409. The summed E-state index contributed by atoms with van der Waals surface area (Å²) in [4.78, 5) is 14.2. The van der Waals surface area contributed by atoms with E-state index >= 15 is 4.39 Å². The van der Waals surface area contributed by atoms with E-state index in [9.17, 15) is 27.4 Å². The average Bonchev–Trinajstić information content (AvgIpc) is 3.08. The third kappa shape index (κ3) is 5.55. The zero-order chi connectivity index (χ0) is 23.6. The number of carbonyl (C=O) groups is 1. The van der Waals surface area contributed by atoms with Crippen molar-refractivity contribution >= 4 is 17.2 Å². The van der Waals surface area contributed by atoms with Crippen LogP contribution in [0.3, 0.4) is 0 Å². The summed E-state index contributed by atoms with van der Waals surface area (Å²) in [5.41, 5.74) is -1.39. The number of aliphatic hydroxyl groups is 1. The van der Waals surface area contributed by atoms with Gasteiger partial charge in [-0.05, 0) is 55.9 Å². The highest BCUT2D eigenvalue weighted by Crippen LogP contribution is 2.32. The van der Waals surface area contributed by atoms with Gasteiger partial charge in [-0.1, -0.05) is 18.2 Å². The Bertz CT molecular complexity index is 1010. The van der Waals surface area contributed by atoms with Gasteiger partial charge in [0.1, 0.15) is 23.1 Å². The van der Waals surface area contributed by atoms with Crippen LogP contribution in [0.25, 0.3) is 11.1 Å². The topological polar surface area (TPSA) is 92.7 Å². The maximum Gasteiger partial charge on any atom is 0.254 e. The van der Waals surface area contributed by atoms with Gasteiger partial charge in [0.2, 0.25) is 0 Å². The highest BCUT2D eigenvalue weighted by atomic mass is 32.2. The molecule has 0 bridgehead atoms. The minimum Gasteiger partial charge on any atom is -0.760 e. The van der Waals surface area contributed by atoms with E-state index < -0.39 is 46.3 Å². The van der Waals surface area contributed by atoms with Crippen LogP contribution in [0.2, 0.25) is 0 Å². The van der Waals surface area contributed by atoms with Crippen molar-refractivity contribution in [3.8, 4) is 11.1 Å². The van der Waals surface area contributed by atoms with Crippen LogP contribution < -0.4 is 4.72 Å². The van der Waals surface area contributed by atoms with E-state index in [0.717, 1.165) is 12.1 Å². The van der Waals surface area contributed by atoms with Gasteiger partial charge in [-0.25, -0.2) is 17.9 Å². The van der Waals surface area contributed by atoms with Gasteiger partial charge in [-0.3, -0.25) is 9.00 Å². The normalized spacial score (nSPS) is 19.9. The molecule has 2 aromatic rings. The maximum absolute atomic E-state index is 15.4. The number of halogens is 3. The first kappa shape index (κ1) is 24.4. The molecule has 2 aromatic carbocycles. The molecule has 1 fully saturated rings. The molecule has 174 valence electrons. The van der Waals surface area contributed by atoms with Gasteiger partial charge in [0.15, 0.2) is 0 Å². The van der Waals surface area contributed by atoms with Crippen LogP contribution in [0.4, 0.5) is 13.2 Å². The lowest BCUT2D eigenvalue weighted by Gasteiger charge is -2.33. The summed E-state index contributed by atoms with van der Waals surface area (Å²) < 4.78 is 66.9. The van der Waals surface area contributed by atoms with Crippen LogP contribution >= 0.6 is 0 Å². The first-order valence-electron chi connectivity index (χ1n) is 10.1. The summed E-state index contributed by atoms with van der Waals surface area (Å²) in [6.07, 6.45) is 0.504. The predicted octanol–water partition coefficient (Wildman–Crippen LogP) is 2.69. The molecule has 1 aliphatic heterocycles. The molecule has 1 heterocycles. The van der Waals surface area contributed by atoms with E-state index in [1.165, 1.54) is 30.9 Å². The Kier molecular flexibility index (Phi) is 7.39. The van der Waals surface area contributed by atoms with E-state index in [0.29, 0.717) is 12.5 Å². The molecule has 0 radical (unpaired) electrons. The maximum atomic E-state index is 15.4. The van der Waals surface area contributed by atoms with E-state index in [1.54, 1.807) is 6.07 Å².